The summed E-state index contributed by atoms with van der Waals surface area (Å²) in [6, 6.07) is -0.800. The van der Waals surface area contributed by atoms with Crippen LogP contribution in [-0.2, 0) is 4.79 Å². The number of likely N-dealkylation sites (N-methyl/N-ethyl adjacent to an activating group) is 1. The molecule has 2 unspecified atom stereocenters. The van der Waals surface area contributed by atoms with Crippen molar-refractivity contribution < 1.29 is 9.59 Å². The molecule has 0 aromatic rings. The third-order valence-electron chi connectivity index (χ3n) is 2.77. The second-order valence-corrected chi connectivity index (χ2v) is 4.56. The van der Waals surface area contributed by atoms with Gasteiger partial charge in [-0.15, -0.1) is 0 Å². The van der Waals surface area contributed by atoms with E-state index in [1.807, 2.05) is 11.8 Å². The molecule has 1 N–H and O–H groups in total. The lowest BCUT2D eigenvalue weighted by Crippen LogP contribution is -2.63. The molecule has 0 aromatic carbocycles. The Balaban J connectivity index is 2.28. The maximum Gasteiger partial charge on any atom is 0.325 e. The van der Waals surface area contributed by atoms with E-state index in [-0.39, 0.29) is 5.91 Å². The van der Waals surface area contributed by atoms with Gasteiger partial charge in [-0.1, -0.05) is 6.92 Å². The van der Waals surface area contributed by atoms with Crippen molar-refractivity contribution in [1.29, 1.82) is 0 Å². The van der Waals surface area contributed by atoms with Gasteiger partial charge in [0.25, 0.3) is 5.91 Å². The topological polar surface area (TPSA) is 65.0 Å². The third kappa shape index (κ3) is 1.59. The number of hydrogen-bond acceptors (Lipinski definition) is 4. The molecule has 3 amide bonds. The molecule has 2 heterocycles. The number of fused-ring (bicyclic) bond motifs is 1. The summed E-state index contributed by atoms with van der Waals surface area (Å²) >= 11 is 3.33. The smallest absolute Gasteiger partial charge is 0.325 e. The summed E-state index contributed by atoms with van der Waals surface area (Å²) in [6.45, 7) is 2.77. The first-order chi connectivity index (χ1) is 7.56. The van der Waals surface area contributed by atoms with Crippen LogP contribution in [0, 0.1) is 0 Å². The molecule has 0 aromatic heterocycles. The van der Waals surface area contributed by atoms with Crippen molar-refractivity contribution in [2.24, 2.45) is 4.99 Å². The molecule has 0 radical (unpaired) electrons. The molecule has 88 valence electrons. The van der Waals surface area contributed by atoms with Crippen LogP contribution in [0.15, 0.2) is 4.99 Å². The highest BCUT2D eigenvalue weighted by Gasteiger charge is 2.47. The SMILES string of the molecule is CCCN1C(Br)=NC2C1C(=O)NC(=O)N2C. The van der Waals surface area contributed by atoms with Gasteiger partial charge in [-0.05, 0) is 22.4 Å². The van der Waals surface area contributed by atoms with Crippen molar-refractivity contribution in [2.45, 2.75) is 25.6 Å². The number of carbonyl (C=O) groups excluding carboxylic acids is 2. The van der Waals surface area contributed by atoms with E-state index in [1.54, 1.807) is 7.05 Å². The summed E-state index contributed by atoms with van der Waals surface area (Å²) in [5.74, 6) is -0.278. The van der Waals surface area contributed by atoms with E-state index in [1.165, 1.54) is 4.90 Å². The fourth-order valence-corrected chi connectivity index (χ4v) is 2.57. The molecular weight excluding hydrogens is 276 g/mol. The number of aliphatic imine (C=N–C) groups is 1. The molecule has 16 heavy (non-hydrogen) atoms. The molecule has 0 bridgehead atoms. The second-order valence-electron chi connectivity index (χ2n) is 3.86. The van der Waals surface area contributed by atoms with Gasteiger partial charge < -0.3 is 9.80 Å². The van der Waals surface area contributed by atoms with Gasteiger partial charge in [0.1, 0.15) is 0 Å². The zero-order chi connectivity index (χ0) is 11.9. The van der Waals surface area contributed by atoms with Gasteiger partial charge in [-0.2, -0.15) is 0 Å². The highest BCUT2D eigenvalue weighted by Crippen LogP contribution is 2.25. The fraction of sp³-hybridized carbons (Fsp3) is 0.667. The van der Waals surface area contributed by atoms with E-state index >= 15 is 0 Å². The lowest BCUT2D eigenvalue weighted by atomic mass is 10.1. The number of imide groups is 1. The number of hydrogen-bond donors (Lipinski definition) is 1. The lowest BCUT2D eigenvalue weighted by molar-refractivity contribution is -0.127. The zero-order valence-corrected chi connectivity index (χ0v) is 10.7. The van der Waals surface area contributed by atoms with E-state index in [2.05, 4.69) is 26.2 Å². The Labute approximate surface area is 102 Å². The van der Waals surface area contributed by atoms with Crippen molar-refractivity contribution >= 4 is 32.6 Å². The Morgan fingerprint density at radius 2 is 2.19 bits per heavy atom. The minimum Gasteiger partial charge on any atom is -0.335 e. The van der Waals surface area contributed by atoms with E-state index in [0.29, 0.717) is 4.74 Å². The standard InChI is InChI=1S/C9H13BrN4O2/c1-3-4-14-5-6(11-8(14)10)13(2)9(16)12-7(5)15/h5-6H,3-4H2,1-2H3,(H,12,15,16). The molecule has 2 atom stereocenters. The summed E-state index contributed by atoms with van der Waals surface area (Å²) in [4.78, 5) is 30.8. The molecule has 2 aliphatic heterocycles. The fourth-order valence-electron chi connectivity index (χ4n) is 1.96. The molecule has 1 fully saturated rings. The Bertz CT molecular complexity index is 371. The quantitative estimate of drug-likeness (QED) is 0.746. The predicted octanol–water partition coefficient (Wildman–Crippen LogP) is 0.339. The average Bonchev–Trinajstić information content (AvgIpc) is 2.54. The number of carbonyl (C=O) groups is 2. The van der Waals surface area contributed by atoms with Gasteiger partial charge in [0, 0.05) is 13.6 Å². The van der Waals surface area contributed by atoms with Gasteiger partial charge in [0.2, 0.25) is 0 Å². The van der Waals surface area contributed by atoms with Gasteiger partial charge in [0.15, 0.2) is 17.0 Å². The van der Waals surface area contributed by atoms with Crippen LogP contribution < -0.4 is 5.32 Å². The number of halogens is 1. The van der Waals surface area contributed by atoms with Crippen molar-refractivity contribution in [3.8, 4) is 0 Å². The predicted molar refractivity (Wildman–Crippen MR) is 62.2 cm³/mol. The van der Waals surface area contributed by atoms with Crippen LogP contribution in [0.4, 0.5) is 4.79 Å². The molecule has 0 spiro atoms. The largest absolute Gasteiger partial charge is 0.335 e. The summed E-state index contributed by atoms with van der Waals surface area (Å²) in [5.41, 5.74) is 0. The highest BCUT2D eigenvalue weighted by atomic mass is 79.9. The van der Waals surface area contributed by atoms with Crippen molar-refractivity contribution in [1.82, 2.24) is 15.1 Å². The molecule has 2 aliphatic rings. The van der Waals surface area contributed by atoms with Crippen LogP contribution in [0.3, 0.4) is 0 Å². The first-order valence-corrected chi connectivity index (χ1v) is 5.93. The summed E-state index contributed by atoms with van der Waals surface area (Å²) in [5, 5.41) is 2.32. The van der Waals surface area contributed by atoms with E-state index in [0.717, 1.165) is 13.0 Å². The van der Waals surface area contributed by atoms with Crippen LogP contribution in [-0.4, -0.2) is 52.3 Å². The van der Waals surface area contributed by atoms with E-state index in [4.69, 9.17) is 0 Å². The summed E-state index contributed by atoms with van der Waals surface area (Å²) < 4.78 is 0.640. The normalized spacial score (nSPS) is 29.1. The summed E-state index contributed by atoms with van der Waals surface area (Å²) in [6.07, 6.45) is 0.501. The Kier molecular flexibility index (Phi) is 2.88. The number of nitrogens with zero attached hydrogens (tertiary/aromatic N) is 3. The Morgan fingerprint density at radius 1 is 1.50 bits per heavy atom. The molecule has 2 rings (SSSR count). The average molecular weight is 289 g/mol. The van der Waals surface area contributed by atoms with Gasteiger partial charge in [0.05, 0.1) is 0 Å². The van der Waals surface area contributed by atoms with Crippen LogP contribution in [0.1, 0.15) is 13.3 Å². The van der Waals surface area contributed by atoms with Gasteiger partial charge >= 0.3 is 6.03 Å². The number of amides is 3. The maximum atomic E-state index is 11.8. The van der Waals surface area contributed by atoms with Gasteiger partial charge in [-0.25, -0.2) is 9.79 Å². The zero-order valence-electron chi connectivity index (χ0n) is 9.11. The maximum absolute atomic E-state index is 11.8. The first kappa shape index (κ1) is 11.4. The van der Waals surface area contributed by atoms with Crippen LogP contribution in [0.2, 0.25) is 0 Å². The number of amidine groups is 1. The van der Waals surface area contributed by atoms with Gasteiger partial charge in [-0.3, -0.25) is 10.1 Å². The molecular formula is C9H13BrN4O2. The number of urea groups is 1. The molecule has 6 nitrogen and oxygen atoms in total. The Hall–Kier alpha value is -1.11. The number of nitrogens with one attached hydrogen (secondary N) is 1. The van der Waals surface area contributed by atoms with Crippen molar-refractivity contribution in [3.63, 3.8) is 0 Å². The van der Waals surface area contributed by atoms with E-state index in [9.17, 15) is 9.59 Å². The van der Waals surface area contributed by atoms with Crippen LogP contribution in [0.25, 0.3) is 0 Å². The monoisotopic (exact) mass is 288 g/mol. The van der Waals surface area contributed by atoms with Crippen LogP contribution in [0.5, 0.6) is 0 Å². The minimum absolute atomic E-state index is 0.278. The molecule has 0 aliphatic carbocycles. The molecule has 1 saturated heterocycles. The lowest BCUT2D eigenvalue weighted by Gasteiger charge is -2.35. The summed E-state index contributed by atoms with van der Waals surface area (Å²) in [7, 11) is 1.64. The highest BCUT2D eigenvalue weighted by molar-refractivity contribution is 9.18. The molecule has 7 heteroatoms. The van der Waals surface area contributed by atoms with Crippen LogP contribution >= 0.6 is 15.9 Å². The molecule has 0 saturated carbocycles. The Morgan fingerprint density at radius 3 is 2.81 bits per heavy atom. The minimum atomic E-state index is -0.415. The van der Waals surface area contributed by atoms with Crippen molar-refractivity contribution in [3.05, 3.63) is 0 Å². The second kappa shape index (κ2) is 4.04. The number of rotatable bonds is 2. The van der Waals surface area contributed by atoms with Crippen molar-refractivity contribution in [2.75, 3.05) is 13.6 Å². The third-order valence-corrected chi connectivity index (χ3v) is 3.43. The van der Waals surface area contributed by atoms with E-state index < -0.39 is 18.2 Å². The first-order valence-electron chi connectivity index (χ1n) is 5.14.